The summed E-state index contributed by atoms with van der Waals surface area (Å²) in [7, 11) is 1.74. The molecule has 0 atom stereocenters. The third-order valence-corrected chi connectivity index (χ3v) is 3.25. The predicted molar refractivity (Wildman–Crippen MR) is 75.0 cm³/mol. The number of anilines is 1. The van der Waals surface area contributed by atoms with Crippen molar-refractivity contribution in [1.82, 2.24) is 0 Å². The molecule has 0 fully saturated rings. The molecule has 1 aromatic carbocycles. The van der Waals surface area contributed by atoms with E-state index in [0.717, 1.165) is 5.56 Å². The fraction of sp³-hybridized carbons (Fsp3) is 0.333. The molecule has 6 heteroatoms. The van der Waals surface area contributed by atoms with Gasteiger partial charge in [0.05, 0.1) is 18.1 Å². The summed E-state index contributed by atoms with van der Waals surface area (Å²) in [6.07, 6.45) is -1.06. The number of nitrogens with two attached hydrogens (primary N) is 1. The van der Waals surface area contributed by atoms with Gasteiger partial charge in [-0.25, -0.2) is 0 Å². The van der Waals surface area contributed by atoms with Crippen molar-refractivity contribution in [3.63, 3.8) is 0 Å². The van der Waals surface area contributed by atoms with Crippen LogP contribution < -0.4 is 10.6 Å². The van der Waals surface area contributed by atoms with Crippen LogP contribution in [0.2, 0.25) is 0 Å². The van der Waals surface area contributed by atoms with E-state index in [1.165, 1.54) is 18.4 Å². The van der Waals surface area contributed by atoms with E-state index in [0.29, 0.717) is 12.2 Å². The molecular weight excluding hydrogens is 281 g/mol. The Morgan fingerprint density at radius 1 is 1.24 bits per heavy atom. The fourth-order valence-corrected chi connectivity index (χ4v) is 2.19. The number of halogens is 3. The van der Waals surface area contributed by atoms with E-state index >= 15 is 0 Å². The lowest BCUT2D eigenvalue weighted by molar-refractivity contribution is -0.138. The number of nitrogens with zero attached hydrogens (tertiary/aromatic N) is 1. The highest BCUT2D eigenvalue weighted by atomic mass is 19.4. The molecule has 0 radical (unpaired) electrons. The molecule has 0 spiro atoms. The van der Waals surface area contributed by atoms with Gasteiger partial charge in [-0.3, -0.25) is 0 Å². The lowest BCUT2D eigenvalue weighted by Gasteiger charge is -2.21. The molecule has 21 heavy (non-hydrogen) atoms. The van der Waals surface area contributed by atoms with Crippen molar-refractivity contribution >= 4 is 5.69 Å². The summed E-state index contributed by atoms with van der Waals surface area (Å²) in [5, 5.41) is 0. The molecule has 0 saturated heterocycles. The summed E-state index contributed by atoms with van der Waals surface area (Å²) in [5.74, 6) is 0. The third kappa shape index (κ3) is 3.78. The molecule has 0 amide bonds. The minimum absolute atomic E-state index is 0.188. The van der Waals surface area contributed by atoms with Crippen molar-refractivity contribution in [1.29, 1.82) is 0 Å². The minimum atomic E-state index is -4.38. The standard InChI is InChI=1S/C15H17F3N2O/c1-20(9-11-5-7-21-10-11)13-3-2-12(4-6-19)14(8-13)15(16,17)18/h2-3,5,7-8,10H,4,6,9,19H2,1H3. The monoisotopic (exact) mass is 298 g/mol. The van der Waals surface area contributed by atoms with E-state index in [1.807, 2.05) is 0 Å². The largest absolute Gasteiger partial charge is 0.472 e. The first-order chi connectivity index (χ1) is 9.91. The Balaban J connectivity index is 2.28. The molecule has 0 unspecified atom stereocenters. The van der Waals surface area contributed by atoms with Crippen LogP contribution in [0.5, 0.6) is 0 Å². The maximum Gasteiger partial charge on any atom is 0.416 e. The Morgan fingerprint density at radius 3 is 2.57 bits per heavy atom. The van der Waals surface area contributed by atoms with Crippen LogP contribution in [0, 0.1) is 0 Å². The van der Waals surface area contributed by atoms with E-state index < -0.39 is 11.7 Å². The summed E-state index contributed by atoms with van der Waals surface area (Å²) in [6.45, 7) is 0.664. The smallest absolute Gasteiger partial charge is 0.416 e. The maximum absolute atomic E-state index is 13.1. The summed E-state index contributed by atoms with van der Waals surface area (Å²) in [5.41, 5.74) is 6.38. The highest BCUT2D eigenvalue weighted by molar-refractivity contribution is 5.51. The summed E-state index contributed by atoms with van der Waals surface area (Å²) >= 11 is 0. The van der Waals surface area contributed by atoms with Crippen molar-refractivity contribution in [2.24, 2.45) is 5.73 Å². The van der Waals surface area contributed by atoms with Gasteiger partial charge in [0.1, 0.15) is 0 Å². The zero-order valence-electron chi connectivity index (χ0n) is 11.7. The van der Waals surface area contributed by atoms with Gasteiger partial charge >= 0.3 is 6.18 Å². The number of benzene rings is 1. The Hall–Kier alpha value is -1.95. The van der Waals surface area contributed by atoms with Gasteiger partial charge in [-0.05, 0) is 36.7 Å². The molecule has 2 rings (SSSR count). The normalized spacial score (nSPS) is 11.7. The van der Waals surface area contributed by atoms with Gasteiger partial charge in [-0.1, -0.05) is 6.07 Å². The quantitative estimate of drug-likeness (QED) is 0.919. The lowest BCUT2D eigenvalue weighted by Crippen LogP contribution is -2.18. The maximum atomic E-state index is 13.1. The molecule has 3 nitrogen and oxygen atoms in total. The van der Waals surface area contributed by atoms with Crippen LogP contribution in [0.25, 0.3) is 0 Å². The van der Waals surface area contributed by atoms with Crippen LogP contribution in [-0.4, -0.2) is 13.6 Å². The molecular formula is C15H17F3N2O. The lowest BCUT2D eigenvalue weighted by atomic mass is 10.0. The van der Waals surface area contributed by atoms with Crippen LogP contribution in [0.15, 0.2) is 41.2 Å². The van der Waals surface area contributed by atoms with Crippen LogP contribution >= 0.6 is 0 Å². The van der Waals surface area contributed by atoms with Crippen molar-refractivity contribution in [3.8, 4) is 0 Å². The van der Waals surface area contributed by atoms with Gasteiger partial charge < -0.3 is 15.1 Å². The first kappa shape index (κ1) is 15.4. The van der Waals surface area contributed by atoms with Crippen LogP contribution in [0.3, 0.4) is 0 Å². The third-order valence-electron chi connectivity index (χ3n) is 3.25. The molecule has 0 aliphatic rings. The zero-order chi connectivity index (χ0) is 15.5. The van der Waals surface area contributed by atoms with Gasteiger partial charge in [0.15, 0.2) is 0 Å². The Labute approximate surface area is 121 Å². The molecule has 114 valence electrons. The Bertz CT molecular complexity index is 579. The van der Waals surface area contributed by atoms with Crippen molar-refractivity contribution < 1.29 is 17.6 Å². The first-order valence-electron chi connectivity index (χ1n) is 6.54. The average Bonchev–Trinajstić information content (AvgIpc) is 2.91. The van der Waals surface area contributed by atoms with E-state index in [-0.39, 0.29) is 18.5 Å². The number of hydrogen-bond acceptors (Lipinski definition) is 3. The summed E-state index contributed by atoms with van der Waals surface area (Å²) < 4.78 is 44.3. The summed E-state index contributed by atoms with van der Waals surface area (Å²) in [4.78, 5) is 1.74. The topological polar surface area (TPSA) is 42.4 Å². The number of alkyl halides is 3. The SMILES string of the molecule is CN(Cc1ccoc1)c1ccc(CCN)c(C(F)(F)F)c1. The molecule has 0 saturated carbocycles. The highest BCUT2D eigenvalue weighted by Crippen LogP contribution is 2.35. The van der Waals surface area contributed by atoms with Gasteiger partial charge in [-0.2, -0.15) is 13.2 Å². The predicted octanol–water partition coefficient (Wildman–Crippen LogP) is 3.44. The molecule has 0 aliphatic carbocycles. The number of rotatable bonds is 5. The molecule has 2 aromatic rings. The van der Waals surface area contributed by atoms with E-state index in [9.17, 15) is 13.2 Å². The van der Waals surface area contributed by atoms with Crippen molar-refractivity contribution in [3.05, 3.63) is 53.5 Å². The second kappa shape index (κ2) is 6.22. The highest BCUT2D eigenvalue weighted by Gasteiger charge is 2.33. The van der Waals surface area contributed by atoms with Crippen LogP contribution in [0.1, 0.15) is 16.7 Å². The fourth-order valence-electron chi connectivity index (χ4n) is 2.19. The van der Waals surface area contributed by atoms with Gasteiger partial charge in [0.25, 0.3) is 0 Å². The molecule has 0 bridgehead atoms. The first-order valence-corrected chi connectivity index (χ1v) is 6.54. The van der Waals surface area contributed by atoms with Crippen LogP contribution in [0.4, 0.5) is 18.9 Å². The molecule has 2 N–H and O–H groups in total. The van der Waals surface area contributed by atoms with Crippen LogP contribution in [-0.2, 0) is 19.1 Å². The van der Waals surface area contributed by atoms with Gasteiger partial charge in [0, 0.05) is 24.8 Å². The van der Waals surface area contributed by atoms with Gasteiger partial charge in [-0.15, -0.1) is 0 Å². The second-order valence-electron chi connectivity index (χ2n) is 4.87. The molecule has 0 aliphatic heterocycles. The second-order valence-corrected chi connectivity index (χ2v) is 4.87. The molecule has 1 heterocycles. The van der Waals surface area contributed by atoms with Gasteiger partial charge in [0.2, 0.25) is 0 Å². The molecule has 1 aromatic heterocycles. The average molecular weight is 298 g/mol. The zero-order valence-corrected chi connectivity index (χ0v) is 11.7. The van der Waals surface area contributed by atoms with E-state index in [1.54, 1.807) is 30.3 Å². The van der Waals surface area contributed by atoms with E-state index in [4.69, 9.17) is 10.2 Å². The minimum Gasteiger partial charge on any atom is -0.472 e. The Morgan fingerprint density at radius 2 is 2.00 bits per heavy atom. The number of furan rings is 1. The summed E-state index contributed by atoms with van der Waals surface area (Å²) in [6, 6.07) is 6.13. The van der Waals surface area contributed by atoms with Crippen molar-refractivity contribution in [2.75, 3.05) is 18.5 Å². The van der Waals surface area contributed by atoms with Crippen molar-refractivity contribution in [2.45, 2.75) is 19.1 Å². The number of hydrogen-bond donors (Lipinski definition) is 1. The Kier molecular flexibility index (Phi) is 4.57. The van der Waals surface area contributed by atoms with E-state index in [2.05, 4.69) is 0 Å².